The van der Waals surface area contributed by atoms with Crippen LogP contribution in [-0.4, -0.2) is 36.4 Å². The van der Waals surface area contributed by atoms with E-state index in [1.54, 1.807) is 0 Å². The predicted molar refractivity (Wildman–Crippen MR) is 67.0 cm³/mol. The van der Waals surface area contributed by atoms with Crippen molar-refractivity contribution in [3.63, 3.8) is 0 Å². The van der Waals surface area contributed by atoms with Crippen LogP contribution < -0.4 is 5.43 Å². The second-order valence-corrected chi connectivity index (χ2v) is 3.50. The quantitative estimate of drug-likeness (QED) is 0.276. The van der Waals surface area contributed by atoms with Crippen molar-refractivity contribution in [1.29, 1.82) is 0 Å². The number of imidazole rings is 1. The summed E-state index contributed by atoms with van der Waals surface area (Å²) in [5, 5.41) is 16.8. The Balaban J connectivity index is 1.93. The number of tetrazole rings is 1. The SMILES string of the molecule is [C-]#[N+]/C(=N\Nc1nn[nH]n1)c1nc2ccccc2[nH]1. The van der Waals surface area contributed by atoms with Crippen LogP contribution >= 0.6 is 0 Å². The van der Waals surface area contributed by atoms with Crippen LogP contribution in [-0.2, 0) is 0 Å². The maximum atomic E-state index is 7.13. The Bertz CT molecular complexity index is 729. The van der Waals surface area contributed by atoms with Crippen LogP contribution in [0.25, 0.3) is 15.9 Å². The van der Waals surface area contributed by atoms with Gasteiger partial charge in [0, 0.05) is 0 Å². The van der Waals surface area contributed by atoms with Gasteiger partial charge in [0.25, 0.3) is 5.95 Å². The molecule has 0 aliphatic carbocycles. The predicted octanol–water partition coefficient (Wildman–Crippen LogP) is 0.769. The van der Waals surface area contributed by atoms with E-state index in [1.165, 1.54) is 0 Å². The molecule has 2 aromatic heterocycles. The Morgan fingerprint density at radius 1 is 1.37 bits per heavy atom. The third kappa shape index (κ3) is 2.09. The molecule has 9 nitrogen and oxygen atoms in total. The highest BCUT2D eigenvalue weighted by molar-refractivity contribution is 6.05. The van der Waals surface area contributed by atoms with Gasteiger partial charge in [-0.3, -0.25) is 0 Å². The molecule has 9 heteroatoms. The van der Waals surface area contributed by atoms with Crippen LogP contribution in [0.4, 0.5) is 5.95 Å². The highest BCUT2D eigenvalue weighted by Gasteiger charge is 2.10. The summed E-state index contributed by atoms with van der Waals surface area (Å²) < 4.78 is 0. The number of fused-ring (bicyclic) bond motifs is 1. The van der Waals surface area contributed by atoms with E-state index in [9.17, 15) is 0 Å². The van der Waals surface area contributed by atoms with Gasteiger partial charge < -0.3 is 9.83 Å². The van der Waals surface area contributed by atoms with E-state index in [1.807, 2.05) is 24.3 Å². The molecule has 0 spiro atoms. The maximum Gasteiger partial charge on any atom is 0.335 e. The number of hydrazone groups is 1. The number of rotatable bonds is 3. The van der Waals surface area contributed by atoms with Crippen LogP contribution in [0.2, 0.25) is 0 Å². The van der Waals surface area contributed by atoms with Crippen LogP contribution in [0.5, 0.6) is 0 Å². The average molecular weight is 253 g/mol. The molecule has 0 atom stereocenters. The molecule has 0 bridgehead atoms. The normalized spacial score (nSPS) is 11.4. The van der Waals surface area contributed by atoms with Gasteiger partial charge in [-0.1, -0.05) is 23.8 Å². The third-order valence-corrected chi connectivity index (χ3v) is 2.31. The van der Waals surface area contributed by atoms with Crippen molar-refractivity contribution in [3.05, 3.63) is 41.5 Å². The fourth-order valence-electron chi connectivity index (χ4n) is 1.50. The van der Waals surface area contributed by atoms with E-state index in [0.29, 0.717) is 5.82 Å². The minimum atomic E-state index is 0.0843. The van der Waals surface area contributed by atoms with Crippen LogP contribution in [0.3, 0.4) is 0 Å². The molecule has 0 saturated heterocycles. The van der Waals surface area contributed by atoms with Crippen molar-refractivity contribution >= 4 is 22.8 Å². The molecule has 0 amide bonds. The molecule has 1 aromatic carbocycles. The van der Waals surface area contributed by atoms with Crippen molar-refractivity contribution in [3.8, 4) is 0 Å². The first-order valence-corrected chi connectivity index (χ1v) is 5.26. The fourth-order valence-corrected chi connectivity index (χ4v) is 1.50. The highest BCUT2D eigenvalue weighted by atomic mass is 15.5. The fraction of sp³-hybridized carbons (Fsp3) is 0. The molecule has 19 heavy (non-hydrogen) atoms. The first kappa shape index (κ1) is 10.8. The Labute approximate surface area is 106 Å². The van der Waals surface area contributed by atoms with Gasteiger partial charge in [-0.15, -0.1) is 5.10 Å². The Morgan fingerprint density at radius 2 is 2.26 bits per heavy atom. The van der Waals surface area contributed by atoms with E-state index >= 15 is 0 Å². The van der Waals surface area contributed by atoms with Crippen molar-refractivity contribution in [2.75, 3.05) is 5.43 Å². The van der Waals surface area contributed by atoms with Crippen LogP contribution in [0, 0.1) is 6.57 Å². The molecule has 3 rings (SSSR count). The first-order chi connectivity index (χ1) is 9.36. The van der Waals surface area contributed by atoms with Gasteiger partial charge in [0.1, 0.15) is 0 Å². The number of hydrogen-bond donors (Lipinski definition) is 3. The number of aromatic nitrogens is 6. The molecule has 0 fully saturated rings. The Hall–Kier alpha value is -3.28. The second kappa shape index (κ2) is 4.53. The van der Waals surface area contributed by atoms with E-state index in [0.717, 1.165) is 11.0 Å². The van der Waals surface area contributed by atoms with E-state index in [4.69, 9.17) is 6.57 Å². The summed E-state index contributed by atoms with van der Waals surface area (Å²) in [6.07, 6.45) is 0. The molecular weight excluding hydrogens is 246 g/mol. The number of aromatic amines is 2. The number of H-pyrrole nitrogens is 2. The smallest absolute Gasteiger partial charge is 0.335 e. The van der Waals surface area contributed by atoms with Gasteiger partial charge in [-0.2, -0.15) is 10.6 Å². The monoisotopic (exact) mass is 253 g/mol. The number of hydrogen-bond acceptors (Lipinski definition) is 6. The highest BCUT2D eigenvalue weighted by Crippen LogP contribution is 2.11. The minimum absolute atomic E-state index is 0.0843. The molecule has 3 N–H and O–H groups in total. The van der Waals surface area contributed by atoms with Crippen molar-refractivity contribution < 1.29 is 0 Å². The summed E-state index contributed by atoms with van der Waals surface area (Å²) in [5.41, 5.74) is 4.13. The van der Waals surface area contributed by atoms with E-state index < -0.39 is 0 Å². The van der Waals surface area contributed by atoms with Gasteiger partial charge >= 0.3 is 5.84 Å². The van der Waals surface area contributed by atoms with Crippen LogP contribution in [0.15, 0.2) is 29.4 Å². The van der Waals surface area contributed by atoms with Gasteiger partial charge in [-0.05, 0) is 22.4 Å². The lowest BCUT2D eigenvalue weighted by atomic mass is 10.3. The number of para-hydroxylation sites is 2. The Kier molecular flexibility index (Phi) is 2.59. The summed E-state index contributed by atoms with van der Waals surface area (Å²) in [6, 6.07) is 7.49. The molecule has 3 aromatic rings. The molecule has 0 aliphatic heterocycles. The summed E-state index contributed by atoms with van der Waals surface area (Å²) in [4.78, 5) is 10.6. The van der Waals surface area contributed by atoms with E-state index in [2.05, 4.69) is 46.0 Å². The summed E-state index contributed by atoms with van der Waals surface area (Å²) >= 11 is 0. The lowest BCUT2D eigenvalue weighted by Crippen LogP contribution is -2.02. The van der Waals surface area contributed by atoms with Gasteiger partial charge in [-0.25, -0.2) is 4.98 Å². The zero-order valence-corrected chi connectivity index (χ0v) is 9.49. The lowest BCUT2D eigenvalue weighted by molar-refractivity contribution is 0.881. The minimum Gasteiger partial charge on any atom is -0.356 e. The van der Waals surface area contributed by atoms with Gasteiger partial charge in [0.15, 0.2) is 5.82 Å². The van der Waals surface area contributed by atoms with Gasteiger partial charge in [0.2, 0.25) is 0 Å². The summed E-state index contributed by atoms with van der Waals surface area (Å²) in [5.74, 6) is 0.644. The number of benzene rings is 1. The van der Waals surface area contributed by atoms with Gasteiger partial charge in [0.05, 0.1) is 11.0 Å². The lowest BCUT2D eigenvalue weighted by Gasteiger charge is -1.90. The topological polar surface area (TPSA) is 112 Å². The second-order valence-electron chi connectivity index (χ2n) is 3.50. The molecule has 2 heterocycles. The molecule has 0 radical (unpaired) electrons. The third-order valence-electron chi connectivity index (χ3n) is 2.31. The number of anilines is 1. The summed E-state index contributed by atoms with van der Waals surface area (Å²) in [6.45, 7) is 7.13. The Morgan fingerprint density at radius 3 is 3.00 bits per heavy atom. The molecule has 0 unspecified atom stereocenters. The molecular formula is C10H7N9. The largest absolute Gasteiger partial charge is 0.356 e. The van der Waals surface area contributed by atoms with Crippen LogP contribution in [0.1, 0.15) is 5.82 Å². The van der Waals surface area contributed by atoms with Crippen molar-refractivity contribution in [1.82, 2.24) is 30.6 Å². The van der Waals surface area contributed by atoms with Crippen molar-refractivity contribution in [2.45, 2.75) is 0 Å². The summed E-state index contributed by atoms with van der Waals surface area (Å²) in [7, 11) is 0. The van der Waals surface area contributed by atoms with Crippen molar-refractivity contribution in [2.24, 2.45) is 5.10 Å². The molecule has 0 saturated carbocycles. The number of nitrogens with zero attached hydrogens (tertiary/aromatic N) is 6. The standard InChI is InChI=1S/C10H7N9/c1-11-8(14-15-10-16-18-19-17-10)9-12-6-4-2-3-5-7(6)13-9/h2-5H,(H,12,13)(H2,15,16,17,18,19)/b14-8-. The molecule has 92 valence electrons. The van der Waals surface area contributed by atoms with E-state index in [-0.39, 0.29) is 11.8 Å². The average Bonchev–Trinajstić information content (AvgIpc) is 3.08. The maximum absolute atomic E-state index is 7.13. The first-order valence-electron chi connectivity index (χ1n) is 5.26. The molecule has 0 aliphatic rings. The number of amidine groups is 1. The zero-order chi connectivity index (χ0) is 13.1. The number of nitrogens with one attached hydrogen (secondary N) is 3. The zero-order valence-electron chi connectivity index (χ0n) is 9.49.